The highest BCUT2D eigenvalue weighted by Crippen LogP contribution is 2.23. The van der Waals surface area contributed by atoms with E-state index in [-0.39, 0.29) is 17.5 Å². The van der Waals surface area contributed by atoms with Crippen molar-refractivity contribution in [3.05, 3.63) is 5.89 Å². The normalized spacial score (nSPS) is 15.4. The second kappa shape index (κ2) is 6.18. The van der Waals surface area contributed by atoms with E-state index in [1.165, 1.54) is 0 Å². The molecule has 0 bridgehead atoms. The average Bonchev–Trinajstić information content (AvgIpc) is 2.73. The Balaban J connectivity index is 2.58. The number of nitrogens with one attached hydrogen (secondary N) is 2. The summed E-state index contributed by atoms with van der Waals surface area (Å²) in [6.45, 7) is 13.7. The number of hydrogen-bond donors (Lipinski definition) is 2. The number of hydrogen-bond acceptors (Lipinski definition) is 5. The lowest BCUT2D eigenvalue weighted by Gasteiger charge is -2.27. The molecular formula is C13H26N4O. The van der Waals surface area contributed by atoms with Gasteiger partial charge >= 0.3 is 6.01 Å². The van der Waals surface area contributed by atoms with Gasteiger partial charge in [-0.3, -0.25) is 0 Å². The smallest absolute Gasteiger partial charge is 0.315 e. The first-order valence-electron chi connectivity index (χ1n) is 6.68. The van der Waals surface area contributed by atoms with Gasteiger partial charge in [-0.1, -0.05) is 32.8 Å². The highest BCUT2D eigenvalue weighted by Gasteiger charge is 2.22. The zero-order valence-corrected chi connectivity index (χ0v) is 12.4. The molecule has 0 spiro atoms. The molecule has 0 saturated carbocycles. The molecule has 2 atom stereocenters. The summed E-state index contributed by atoms with van der Waals surface area (Å²) in [5.74, 6) is 0.632. The van der Waals surface area contributed by atoms with E-state index in [9.17, 15) is 0 Å². The molecule has 104 valence electrons. The lowest BCUT2D eigenvalue weighted by atomic mass is 9.88. The first-order valence-corrected chi connectivity index (χ1v) is 6.68. The molecule has 0 amide bonds. The fourth-order valence-electron chi connectivity index (χ4n) is 1.32. The third kappa shape index (κ3) is 4.29. The second-order valence-electron chi connectivity index (χ2n) is 5.85. The SMILES string of the molecule is CCCNC(C)c1nnc(NC(C)C(C)(C)C)o1. The van der Waals surface area contributed by atoms with Crippen LogP contribution in [0, 0.1) is 5.41 Å². The molecule has 0 aliphatic heterocycles. The predicted molar refractivity (Wildman–Crippen MR) is 73.5 cm³/mol. The highest BCUT2D eigenvalue weighted by atomic mass is 16.4. The van der Waals surface area contributed by atoms with Gasteiger partial charge in [-0.2, -0.15) is 0 Å². The summed E-state index contributed by atoms with van der Waals surface area (Å²) in [7, 11) is 0. The van der Waals surface area contributed by atoms with Crippen molar-refractivity contribution < 1.29 is 4.42 Å². The molecular weight excluding hydrogens is 228 g/mol. The van der Waals surface area contributed by atoms with Crippen LogP contribution in [-0.2, 0) is 0 Å². The molecule has 1 heterocycles. The summed E-state index contributed by atoms with van der Waals surface area (Å²) < 4.78 is 5.61. The molecule has 18 heavy (non-hydrogen) atoms. The first kappa shape index (κ1) is 15.0. The zero-order chi connectivity index (χ0) is 13.8. The Bertz CT molecular complexity index is 356. The first-order chi connectivity index (χ1) is 8.34. The van der Waals surface area contributed by atoms with Crippen molar-refractivity contribution in [1.82, 2.24) is 15.5 Å². The van der Waals surface area contributed by atoms with Gasteiger partial charge in [-0.15, -0.1) is 5.10 Å². The number of aromatic nitrogens is 2. The molecule has 1 aromatic rings. The van der Waals surface area contributed by atoms with Gasteiger partial charge in [0, 0.05) is 6.04 Å². The molecule has 0 saturated heterocycles. The van der Waals surface area contributed by atoms with Gasteiger partial charge in [0.1, 0.15) is 0 Å². The largest absolute Gasteiger partial charge is 0.406 e. The summed E-state index contributed by atoms with van der Waals surface area (Å²) in [6, 6.07) is 0.861. The molecule has 2 unspecified atom stereocenters. The van der Waals surface area contributed by atoms with Crippen LogP contribution in [0.3, 0.4) is 0 Å². The van der Waals surface area contributed by atoms with Gasteiger partial charge in [0.2, 0.25) is 5.89 Å². The Morgan fingerprint density at radius 1 is 1.22 bits per heavy atom. The Kier molecular flexibility index (Phi) is 5.14. The third-order valence-corrected chi connectivity index (χ3v) is 3.15. The van der Waals surface area contributed by atoms with Crippen LogP contribution in [0.2, 0.25) is 0 Å². The minimum Gasteiger partial charge on any atom is -0.406 e. The average molecular weight is 254 g/mol. The Morgan fingerprint density at radius 3 is 2.44 bits per heavy atom. The summed E-state index contributed by atoms with van der Waals surface area (Å²) in [4.78, 5) is 0. The molecule has 1 rings (SSSR count). The quantitative estimate of drug-likeness (QED) is 0.817. The number of nitrogens with zero attached hydrogens (tertiary/aromatic N) is 2. The van der Waals surface area contributed by atoms with E-state index >= 15 is 0 Å². The van der Waals surface area contributed by atoms with Crippen molar-refractivity contribution in [2.24, 2.45) is 5.41 Å². The minimum absolute atomic E-state index is 0.0953. The van der Waals surface area contributed by atoms with E-state index in [4.69, 9.17) is 4.42 Å². The van der Waals surface area contributed by atoms with Gasteiger partial charge in [0.05, 0.1) is 6.04 Å². The van der Waals surface area contributed by atoms with Crippen molar-refractivity contribution in [3.63, 3.8) is 0 Å². The van der Waals surface area contributed by atoms with Gasteiger partial charge in [0.15, 0.2) is 0 Å². The van der Waals surface area contributed by atoms with Gasteiger partial charge in [0.25, 0.3) is 0 Å². The fraction of sp³-hybridized carbons (Fsp3) is 0.846. The molecule has 0 radical (unpaired) electrons. The molecule has 5 nitrogen and oxygen atoms in total. The second-order valence-corrected chi connectivity index (χ2v) is 5.85. The number of anilines is 1. The summed E-state index contributed by atoms with van der Waals surface area (Å²) in [5.41, 5.74) is 0.153. The van der Waals surface area contributed by atoms with E-state index in [0.29, 0.717) is 11.9 Å². The minimum atomic E-state index is 0.0953. The monoisotopic (exact) mass is 254 g/mol. The Labute approximate surface area is 110 Å². The number of rotatable bonds is 6. The third-order valence-electron chi connectivity index (χ3n) is 3.15. The molecule has 5 heteroatoms. The van der Waals surface area contributed by atoms with Crippen LogP contribution in [0.5, 0.6) is 0 Å². The van der Waals surface area contributed by atoms with E-state index in [1.54, 1.807) is 0 Å². The molecule has 1 aromatic heterocycles. The van der Waals surface area contributed by atoms with Crippen LogP contribution in [0.1, 0.15) is 59.9 Å². The van der Waals surface area contributed by atoms with Crippen molar-refractivity contribution in [1.29, 1.82) is 0 Å². The Morgan fingerprint density at radius 2 is 1.89 bits per heavy atom. The van der Waals surface area contributed by atoms with Crippen LogP contribution in [0.4, 0.5) is 6.01 Å². The lowest BCUT2D eigenvalue weighted by Crippen LogP contribution is -2.30. The fourth-order valence-corrected chi connectivity index (χ4v) is 1.32. The van der Waals surface area contributed by atoms with Gasteiger partial charge in [-0.25, -0.2) is 0 Å². The van der Waals surface area contributed by atoms with Gasteiger partial charge in [-0.05, 0) is 32.2 Å². The van der Waals surface area contributed by atoms with E-state index in [2.05, 4.69) is 55.4 Å². The maximum Gasteiger partial charge on any atom is 0.315 e. The van der Waals surface area contributed by atoms with E-state index < -0.39 is 0 Å². The molecule has 0 fully saturated rings. The molecule has 0 aliphatic carbocycles. The van der Waals surface area contributed by atoms with Crippen LogP contribution in [-0.4, -0.2) is 22.8 Å². The van der Waals surface area contributed by atoms with Crippen LogP contribution < -0.4 is 10.6 Å². The maximum atomic E-state index is 5.61. The summed E-state index contributed by atoms with van der Waals surface area (Å²) >= 11 is 0. The molecule has 0 aliphatic rings. The molecule has 0 aromatic carbocycles. The summed E-state index contributed by atoms with van der Waals surface area (Å²) in [6.07, 6.45) is 1.09. The van der Waals surface area contributed by atoms with Gasteiger partial charge < -0.3 is 15.1 Å². The summed E-state index contributed by atoms with van der Waals surface area (Å²) in [5, 5.41) is 14.7. The van der Waals surface area contributed by atoms with E-state index in [1.807, 2.05) is 6.92 Å². The maximum absolute atomic E-state index is 5.61. The van der Waals surface area contributed by atoms with Crippen LogP contribution in [0.15, 0.2) is 4.42 Å². The van der Waals surface area contributed by atoms with Crippen molar-refractivity contribution in [3.8, 4) is 0 Å². The predicted octanol–water partition coefficient (Wildman–Crippen LogP) is 2.98. The topological polar surface area (TPSA) is 63.0 Å². The lowest BCUT2D eigenvalue weighted by molar-refractivity contribution is 0.348. The van der Waals surface area contributed by atoms with Crippen LogP contribution in [0.25, 0.3) is 0 Å². The van der Waals surface area contributed by atoms with Crippen molar-refractivity contribution in [2.45, 2.75) is 60.0 Å². The standard InChI is InChI=1S/C13H26N4O/c1-7-8-14-9(2)11-16-17-12(18-11)15-10(3)13(4,5)6/h9-10,14H,7-8H2,1-6H3,(H,15,17). The van der Waals surface area contributed by atoms with Crippen LogP contribution >= 0.6 is 0 Å². The molecule has 2 N–H and O–H groups in total. The van der Waals surface area contributed by atoms with Crippen molar-refractivity contribution >= 4 is 6.01 Å². The van der Waals surface area contributed by atoms with Crippen molar-refractivity contribution in [2.75, 3.05) is 11.9 Å². The zero-order valence-electron chi connectivity index (χ0n) is 12.4. The Hall–Kier alpha value is -1.10. The highest BCUT2D eigenvalue weighted by molar-refractivity contribution is 5.20. The van der Waals surface area contributed by atoms with E-state index in [0.717, 1.165) is 13.0 Å².